The monoisotopic (exact) mass is 415 g/mol. The topological polar surface area (TPSA) is 85.8 Å². The molecule has 0 saturated carbocycles. The number of aryl methyl sites for hydroxylation is 2. The lowest BCUT2D eigenvalue weighted by molar-refractivity contribution is 0.130. The van der Waals surface area contributed by atoms with Gasteiger partial charge in [-0.15, -0.1) is 5.10 Å². The van der Waals surface area contributed by atoms with Crippen LogP contribution in [-0.4, -0.2) is 32.2 Å². The van der Waals surface area contributed by atoms with Crippen molar-refractivity contribution in [2.45, 2.75) is 34.0 Å². The zero-order chi connectivity index (χ0) is 21.6. The number of ether oxygens (including phenoxy) is 2. The van der Waals surface area contributed by atoms with Crippen LogP contribution in [0.25, 0.3) is 22.5 Å². The van der Waals surface area contributed by atoms with E-state index in [1.807, 2.05) is 45.0 Å². The van der Waals surface area contributed by atoms with Crippen molar-refractivity contribution in [2.75, 3.05) is 6.61 Å². The van der Waals surface area contributed by atoms with Crippen LogP contribution in [-0.2, 0) is 18.0 Å². The number of nitrogens with zero attached hydrogens (tertiary/aromatic N) is 4. The number of aromatic nitrogens is 5. The minimum absolute atomic E-state index is 0.468. The summed E-state index contributed by atoms with van der Waals surface area (Å²) in [6.07, 6.45) is 0. The normalized spacial score (nSPS) is 10.9. The summed E-state index contributed by atoms with van der Waals surface area (Å²) < 4.78 is 11.8. The predicted octanol–water partition coefficient (Wildman–Crippen LogP) is 4.66. The van der Waals surface area contributed by atoms with E-state index >= 15 is 0 Å². The Morgan fingerprint density at radius 1 is 0.935 bits per heavy atom. The molecule has 0 fully saturated rings. The van der Waals surface area contributed by atoms with Gasteiger partial charge in [0.15, 0.2) is 5.82 Å². The third kappa shape index (κ3) is 4.78. The minimum atomic E-state index is 0.468. The first-order valence-electron chi connectivity index (χ1n) is 10.3. The molecule has 4 aromatic rings. The second kappa shape index (κ2) is 9.49. The van der Waals surface area contributed by atoms with Crippen molar-refractivity contribution in [3.63, 3.8) is 0 Å². The second-order valence-electron chi connectivity index (χ2n) is 7.24. The number of pyridine rings is 1. The smallest absolute Gasteiger partial charge is 0.180 e. The van der Waals surface area contributed by atoms with Crippen LogP contribution in [0, 0.1) is 13.8 Å². The first kappa shape index (κ1) is 20.7. The van der Waals surface area contributed by atoms with Crippen LogP contribution in [0.15, 0.2) is 54.6 Å². The molecule has 7 heteroatoms. The van der Waals surface area contributed by atoms with Gasteiger partial charge in [-0.05, 0) is 47.9 Å². The number of benzene rings is 2. The van der Waals surface area contributed by atoms with E-state index in [1.165, 1.54) is 0 Å². The van der Waals surface area contributed by atoms with Crippen molar-refractivity contribution >= 4 is 0 Å². The van der Waals surface area contributed by atoms with Crippen molar-refractivity contribution in [3.05, 3.63) is 77.1 Å². The molecule has 7 nitrogen and oxygen atoms in total. The van der Waals surface area contributed by atoms with Gasteiger partial charge in [0.05, 0.1) is 6.61 Å². The van der Waals surface area contributed by atoms with Crippen LogP contribution in [0.3, 0.4) is 0 Å². The number of nitrogens with one attached hydrogen (secondary N) is 1. The zero-order valence-electron chi connectivity index (χ0n) is 17.9. The van der Waals surface area contributed by atoms with E-state index < -0.39 is 0 Å². The fourth-order valence-electron chi connectivity index (χ4n) is 3.48. The molecule has 0 aliphatic heterocycles. The van der Waals surface area contributed by atoms with E-state index in [0.717, 1.165) is 45.0 Å². The minimum Gasteiger partial charge on any atom is -0.488 e. The van der Waals surface area contributed by atoms with Gasteiger partial charge in [-0.3, -0.25) is 4.98 Å². The summed E-state index contributed by atoms with van der Waals surface area (Å²) in [6.45, 7) is 7.56. The molecular weight excluding hydrogens is 390 g/mol. The average Bonchev–Trinajstić information content (AvgIpc) is 3.32. The first-order chi connectivity index (χ1) is 15.2. The highest BCUT2D eigenvalue weighted by Crippen LogP contribution is 2.30. The maximum atomic E-state index is 6.16. The van der Waals surface area contributed by atoms with E-state index in [9.17, 15) is 0 Å². The Kier molecular flexibility index (Phi) is 6.33. The lowest BCUT2D eigenvalue weighted by Gasteiger charge is -2.15. The van der Waals surface area contributed by atoms with Gasteiger partial charge in [-0.1, -0.05) is 48.5 Å². The molecule has 0 amide bonds. The van der Waals surface area contributed by atoms with Crippen LogP contribution in [0.5, 0.6) is 5.75 Å². The summed E-state index contributed by atoms with van der Waals surface area (Å²) in [6, 6.07) is 18.3. The lowest BCUT2D eigenvalue weighted by Crippen LogP contribution is -2.05. The number of hydrogen-bond acceptors (Lipinski definition) is 6. The second-order valence-corrected chi connectivity index (χ2v) is 7.24. The zero-order valence-corrected chi connectivity index (χ0v) is 17.9. The standard InChI is InChI=1S/C24H25N5O2/c1-4-30-15-22-17(3)25-16(2)13-23(22)31-14-18-9-11-19(12-10-18)20-7-5-6-8-21(20)24-26-28-29-27-24/h5-13H,4,14-15H2,1-3H3,(H,26,27,28,29). The van der Waals surface area contributed by atoms with Gasteiger partial charge in [-0.2, -0.15) is 0 Å². The van der Waals surface area contributed by atoms with Gasteiger partial charge < -0.3 is 9.47 Å². The largest absolute Gasteiger partial charge is 0.488 e. The third-order valence-corrected chi connectivity index (χ3v) is 5.06. The molecule has 1 N–H and O–H groups in total. The highest BCUT2D eigenvalue weighted by atomic mass is 16.5. The number of aromatic amines is 1. The molecular formula is C24H25N5O2. The molecule has 0 bridgehead atoms. The maximum Gasteiger partial charge on any atom is 0.180 e. The molecule has 158 valence electrons. The average molecular weight is 415 g/mol. The number of H-pyrrole nitrogens is 1. The Morgan fingerprint density at radius 2 is 1.71 bits per heavy atom. The van der Waals surface area contributed by atoms with Crippen LogP contribution in [0.2, 0.25) is 0 Å². The van der Waals surface area contributed by atoms with Crippen LogP contribution >= 0.6 is 0 Å². The molecule has 31 heavy (non-hydrogen) atoms. The highest BCUT2D eigenvalue weighted by molar-refractivity contribution is 5.80. The fraction of sp³-hybridized carbons (Fsp3) is 0.250. The van der Waals surface area contributed by atoms with Gasteiger partial charge in [0.2, 0.25) is 0 Å². The van der Waals surface area contributed by atoms with Crippen LogP contribution < -0.4 is 4.74 Å². The Bertz CT molecular complexity index is 1140. The molecule has 0 aliphatic rings. The van der Waals surface area contributed by atoms with Crippen molar-refractivity contribution in [1.82, 2.24) is 25.6 Å². The Labute approximate surface area is 181 Å². The summed E-state index contributed by atoms with van der Waals surface area (Å²) in [5.41, 5.74) is 7.06. The van der Waals surface area contributed by atoms with Crippen LogP contribution in [0.4, 0.5) is 0 Å². The Morgan fingerprint density at radius 3 is 2.42 bits per heavy atom. The lowest BCUT2D eigenvalue weighted by atomic mass is 9.98. The summed E-state index contributed by atoms with van der Waals surface area (Å²) in [7, 11) is 0. The van der Waals surface area contributed by atoms with Crippen molar-refractivity contribution < 1.29 is 9.47 Å². The van der Waals surface area contributed by atoms with Crippen LogP contribution in [0.1, 0.15) is 29.4 Å². The summed E-state index contributed by atoms with van der Waals surface area (Å²) >= 11 is 0. The Hall–Kier alpha value is -3.58. The molecule has 0 aliphatic carbocycles. The van der Waals surface area contributed by atoms with E-state index in [4.69, 9.17) is 9.47 Å². The number of hydrogen-bond donors (Lipinski definition) is 1. The first-order valence-corrected chi connectivity index (χ1v) is 10.3. The van der Waals surface area contributed by atoms with E-state index in [2.05, 4.69) is 55.9 Å². The van der Waals surface area contributed by atoms with E-state index in [1.54, 1.807) is 0 Å². The molecule has 0 saturated heterocycles. The predicted molar refractivity (Wildman–Crippen MR) is 118 cm³/mol. The van der Waals surface area contributed by atoms with Gasteiger partial charge in [0.1, 0.15) is 12.4 Å². The van der Waals surface area contributed by atoms with Crippen molar-refractivity contribution in [2.24, 2.45) is 0 Å². The van der Waals surface area contributed by atoms with Crippen molar-refractivity contribution in [1.29, 1.82) is 0 Å². The molecule has 2 aromatic heterocycles. The summed E-state index contributed by atoms with van der Waals surface area (Å²) in [5, 5.41) is 14.3. The maximum absolute atomic E-state index is 6.16. The van der Waals surface area contributed by atoms with Gasteiger partial charge >= 0.3 is 0 Å². The SMILES string of the molecule is CCOCc1c(OCc2ccc(-c3ccccc3-c3nnn[nH]3)cc2)cc(C)nc1C. The molecule has 4 rings (SSSR count). The molecule has 0 spiro atoms. The van der Waals surface area contributed by atoms with E-state index in [0.29, 0.717) is 25.6 Å². The molecule has 2 heterocycles. The van der Waals surface area contributed by atoms with Gasteiger partial charge in [0.25, 0.3) is 0 Å². The summed E-state index contributed by atoms with van der Waals surface area (Å²) in [5.74, 6) is 1.47. The highest BCUT2D eigenvalue weighted by Gasteiger charge is 2.12. The Balaban J connectivity index is 1.52. The molecule has 0 atom stereocenters. The fourth-order valence-corrected chi connectivity index (χ4v) is 3.48. The third-order valence-electron chi connectivity index (χ3n) is 5.06. The summed E-state index contributed by atoms with van der Waals surface area (Å²) in [4.78, 5) is 4.54. The van der Waals surface area contributed by atoms with E-state index in [-0.39, 0.29) is 0 Å². The molecule has 0 radical (unpaired) electrons. The quantitative estimate of drug-likeness (QED) is 0.450. The number of tetrazole rings is 1. The number of rotatable bonds is 8. The van der Waals surface area contributed by atoms with Gasteiger partial charge in [-0.25, -0.2) is 5.10 Å². The molecule has 2 aromatic carbocycles. The molecule has 0 unspecified atom stereocenters. The van der Waals surface area contributed by atoms with Gasteiger partial charge in [0, 0.05) is 35.2 Å². The van der Waals surface area contributed by atoms with Crippen molar-refractivity contribution in [3.8, 4) is 28.3 Å².